The summed E-state index contributed by atoms with van der Waals surface area (Å²) in [4.78, 5) is 0. The number of hydrogen-bond donors (Lipinski definition) is 1. The summed E-state index contributed by atoms with van der Waals surface area (Å²) in [7, 11) is 3.42. The molecule has 1 aromatic carbocycles. The van der Waals surface area contributed by atoms with Crippen LogP contribution < -0.4 is 14.8 Å². The van der Waals surface area contributed by atoms with E-state index in [0.29, 0.717) is 6.04 Å². The van der Waals surface area contributed by atoms with Crippen molar-refractivity contribution >= 4 is 0 Å². The van der Waals surface area contributed by atoms with E-state index >= 15 is 0 Å². The van der Waals surface area contributed by atoms with Crippen LogP contribution in [0.3, 0.4) is 0 Å². The Labute approximate surface area is 122 Å². The third kappa shape index (κ3) is 3.89. The molecule has 0 aliphatic heterocycles. The molecule has 0 aromatic heterocycles. The molecule has 1 fully saturated rings. The number of methoxy groups -OCH3 is 2. The largest absolute Gasteiger partial charge is 0.497 e. The maximum absolute atomic E-state index is 5.48. The van der Waals surface area contributed by atoms with Gasteiger partial charge in [0.15, 0.2) is 0 Å². The first-order valence-electron chi connectivity index (χ1n) is 7.65. The molecule has 2 rings (SSSR count). The zero-order valence-electron chi connectivity index (χ0n) is 13.1. The molecule has 1 aromatic rings. The van der Waals surface area contributed by atoms with Crippen LogP contribution in [0.1, 0.15) is 51.1 Å². The number of rotatable bonds is 8. The summed E-state index contributed by atoms with van der Waals surface area (Å²) in [6, 6.07) is 6.85. The zero-order valence-corrected chi connectivity index (χ0v) is 13.1. The molecule has 1 aliphatic carbocycles. The first kappa shape index (κ1) is 15.2. The van der Waals surface area contributed by atoms with Gasteiger partial charge in [-0.3, -0.25) is 0 Å². The van der Waals surface area contributed by atoms with Crippen LogP contribution in [0.2, 0.25) is 0 Å². The summed E-state index contributed by atoms with van der Waals surface area (Å²) in [5.74, 6) is 2.75. The molecule has 1 aliphatic rings. The fourth-order valence-corrected chi connectivity index (χ4v) is 2.73. The highest BCUT2D eigenvalue weighted by Gasteiger charge is 2.26. The van der Waals surface area contributed by atoms with E-state index in [4.69, 9.17) is 9.47 Å². The number of hydrogen-bond acceptors (Lipinski definition) is 3. The number of ether oxygens (including phenoxy) is 2. The average molecular weight is 277 g/mol. The van der Waals surface area contributed by atoms with Crippen LogP contribution in [-0.2, 0) is 0 Å². The van der Waals surface area contributed by atoms with Crippen LogP contribution >= 0.6 is 0 Å². The highest BCUT2D eigenvalue weighted by atomic mass is 16.5. The second-order valence-corrected chi connectivity index (χ2v) is 5.78. The van der Waals surface area contributed by atoms with E-state index in [2.05, 4.69) is 25.2 Å². The first-order valence-corrected chi connectivity index (χ1v) is 7.65. The van der Waals surface area contributed by atoms with E-state index in [0.717, 1.165) is 17.4 Å². The minimum atomic E-state index is 0.267. The van der Waals surface area contributed by atoms with Gasteiger partial charge in [-0.2, -0.15) is 0 Å². The summed E-state index contributed by atoms with van der Waals surface area (Å²) in [5, 5.41) is 3.74. The lowest BCUT2D eigenvalue weighted by Crippen LogP contribution is -2.31. The predicted octanol–water partition coefficient (Wildman–Crippen LogP) is 3.93. The van der Waals surface area contributed by atoms with E-state index in [1.54, 1.807) is 14.2 Å². The van der Waals surface area contributed by atoms with Gasteiger partial charge in [-0.25, -0.2) is 0 Å². The first-order chi connectivity index (χ1) is 9.67. The van der Waals surface area contributed by atoms with Crippen molar-refractivity contribution in [1.82, 2.24) is 5.32 Å². The van der Waals surface area contributed by atoms with Crippen molar-refractivity contribution in [2.75, 3.05) is 14.2 Å². The molecular weight excluding hydrogens is 250 g/mol. The Morgan fingerprint density at radius 1 is 1.25 bits per heavy atom. The van der Waals surface area contributed by atoms with E-state index in [9.17, 15) is 0 Å². The second kappa shape index (κ2) is 6.98. The molecule has 3 heteroatoms. The van der Waals surface area contributed by atoms with Crippen molar-refractivity contribution in [1.29, 1.82) is 0 Å². The Balaban J connectivity index is 2.07. The van der Waals surface area contributed by atoms with Crippen molar-refractivity contribution in [2.24, 2.45) is 5.92 Å². The maximum atomic E-state index is 5.48. The van der Waals surface area contributed by atoms with Crippen LogP contribution in [0.5, 0.6) is 11.5 Å². The van der Waals surface area contributed by atoms with Gasteiger partial charge in [0, 0.05) is 17.6 Å². The molecule has 1 saturated carbocycles. The monoisotopic (exact) mass is 277 g/mol. The Kier molecular flexibility index (Phi) is 5.30. The normalized spacial score (nSPS) is 17.6. The Bertz CT molecular complexity index is 429. The summed E-state index contributed by atoms with van der Waals surface area (Å²) < 4.78 is 10.8. The number of nitrogens with one attached hydrogen (secondary N) is 1. The topological polar surface area (TPSA) is 30.5 Å². The van der Waals surface area contributed by atoms with Crippen molar-refractivity contribution in [3.63, 3.8) is 0 Å². The average Bonchev–Trinajstić information content (AvgIpc) is 3.29. The fourth-order valence-electron chi connectivity index (χ4n) is 2.73. The fraction of sp³-hybridized carbons (Fsp3) is 0.647. The lowest BCUT2D eigenvalue weighted by atomic mass is 10.0. The lowest BCUT2D eigenvalue weighted by molar-refractivity contribution is 0.372. The molecule has 0 bridgehead atoms. The standard InChI is InChI=1S/C17H27NO2/c1-5-14(10-13-6-7-13)18-12(2)16-11-15(19-3)8-9-17(16)20-4/h8-9,11-14,18H,5-7,10H2,1-4H3. The van der Waals surface area contributed by atoms with Crippen molar-refractivity contribution < 1.29 is 9.47 Å². The van der Waals surface area contributed by atoms with Gasteiger partial charge in [0.25, 0.3) is 0 Å². The molecule has 0 heterocycles. The van der Waals surface area contributed by atoms with E-state index in [1.165, 1.54) is 31.2 Å². The molecule has 0 saturated heterocycles. The quantitative estimate of drug-likeness (QED) is 0.781. The van der Waals surface area contributed by atoms with Crippen LogP contribution in [0.15, 0.2) is 18.2 Å². The third-order valence-electron chi connectivity index (χ3n) is 4.20. The van der Waals surface area contributed by atoms with Crippen LogP contribution in [0.4, 0.5) is 0 Å². The van der Waals surface area contributed by atoms with Gasteiger partial charge in [0.05, 0.1) is 14.2 Å². The summed E-state index contributed by atoms with van der Waals surface area (Å²) >= 11 is 0. The highest BCUT2D eigenvalue weighted by Crippen LogP contribution is 2.35. The molecule has 2 unspecified atom stereocenters. The Hall–Kier alpha value is -1.22. The molecule has 2 atom stereocenters. The maximum Gasteiger partial charge on any atom is 0.123 e. The van der Waals surface area contributed by atoms with Crippen molar-refractivity contribution in [3.05, 3.63) is 23.8 Å². The van der Waals surface area contributed by atoms with Crippen molar-refractivity contribution in [3.8, 4) is 11.5 Å². The molecule has 112 valence electrons. The van der Waals surface area contributed by atoms with E-state index < -0.39 is 0 Å². The lowest BCUT2D eigenvalue weighted by Gasteiger charge is -2.24. The SMILES string of the molecule is CCC(CC1CC1)NC(C)c1cc(OC)ccc1OC. The van der Waals surface area contributed by atoms with Crippen LogP contribution in [0.25, 0.3) is 0 Å². The molecule has 0 spiro atoms. The zero-order chi connectivity index (χ0) is 14.5. The smallest absolute Gasteiger partial charge is 0.123 e. The minimum absolute atomic E-state index is 0.267. The van der Waals surface area contributed by atoms with Gasteiger partial charge in [-0.05, 0) is 43.9 Å². The van der Waals surface area contributed by atoms with Gasteiger partial charge in [-0.1, -0.05) is 19.8 Å². The van der Waals surface area contributed by atoms with Gasteiger partial charge in [-0.15, -0.1) is 0 Å². The molecular formula is C17H27NO2. The summed E-state index contributed by atoms with van der Waals surface area (Å²) in [6.07, 6.45) is 5.30. The van der Waals surface area contributed by atoms with Gasteiger partial charge < -0.3 is 14.8 Å². The number of benzene rings is 1. The molecule has 1 N–H and O–H groups in total. The molecule has 0 radical (unpaired) electrons. The van der Waals surface area contributed by atoms with Gasteiger partial charge >= 0.3 is 0 Å². The Morgan fingerprint density at radius 2 is 2.00 bits per heavy atom. The summed E-state index contributed by atoms with van der Waals surface area (Å²) in [6.45, 7) is 4.46. The Morgan fingerprint density at radius 3 is 2.55 bits per heavy atom. The van der Waals surface area contributed by atoms with Gasteiger partial charge in [0.2, 0.25) is 0 Å². The van der Waals surface area contributed by atoms with Gasteiger partial charge in [0.1, 0.15) is 11.5 Å². The molecule has 20 heavy (non-hydrogen) atoms. The molecule has 0 amide bonds. The second-order valence-electron chi connectivity index (χ2n) is 5.78. The molecule has 3 nitrogen and oxygen atoms in total. The van der Waals surface area contributed by atoms with E-state index in [-0.39, 0.29) is 6.04 Å². The van der Waals surface area contributed by atoms with Crippen molar-refractivity contribution in [2.45, 2.75) is 51.6 Å². The van der Waals surface area contributed by atoms with Crippen LogP contribution in [-0.4, -0.2) is 20.3 Å². The third-order valence-corrected chi connectivity index (χ3v) is 4.20. The predicted molar refractivity (Wildman–Crippen MR) is 82.5 cm³/mol. The highest BCUT2D eigenvalue weighted by molar-refractivity contribution is 5.42. The van der Waals surface area contributed by atoms with Crippen LogP contribution in [0, 0.1) is 5.92 Å². The minimum Gasteiger partial charge on any atom is -0.497 e. The van der Waals surface area contributed by atoms with E-state index in [1.807, 2.05) is 12.1 Å². The summed E-state index contributed by atoms with van der Waals surface area (Å²) in [5.41, 5.74) is 1.17.